The Morgan fingerprint density at radius 3 is 2.60 bits per heavy atom. The van der Waals surface area contributed by atoms with Crippen LogP contribution in [0.25, 0.3) is 0 Å². The Bertz CT molecular complexity index is 713. The van der Waals surface area contributed by atoms with Crippen molar-refractivity contribution in [2.24, 2.45) is 0 Å². The molecule has 1 saturated heterocycles. The number of thiophene rings is 1. The third-order valence-electron chi connectivity index (χ3n) is 4.58. The van der Waals surface area contributed by atoms with Crippen molar-refractivity contribution in [2.45, 2.75) is 38.0 Å². The summed E-state index contributed by atoms with van der Waals surface area (Å²) in [5.74, 6) is -0.207. The number of carbonyl (C=O) groups excluding carboxylic acids is 1. The second-order valence-corrected chi connectivity index (χ2v) is 6.97. The van der Waals surface area contributed by atoms with Gasteiger partial charge in [0.1, 0.15) is 0 Å². The van der Waals surface area contributed by atoms with Crippen molar-refractivity contribution in [3.05, 3.63) is 52.2 Å². The molecule has 3 rings (SSSR count). The van der Waals surface area contributed by atoms with Crippen LogP contribution in [0.15, 0.2) is 41.1 Å². The van der Waals surface area contributed by atoms with Gasteiger partial charge in [0.25, 0.3) is 0 Å². The number of likely N-dealkylation sites (tertiary alicyclic amines) is 1. The van der Waals surface area contributed by atoms with E-state index < -0.39 is 11.7 Å². The Labute approximate surface area is 148 Å². The van der Waals surface area contributed by atoms with E-state index in [1.807, 2.05) is 12.3 Å². The van der Waals surface area contributed by atoms with Crippen molar-refractivity contribution in [3.8, 4) is 0 Å². The Hall–Kier alpha value is -1.86. The first kappa shape index (κ1) is 17.9. The minimum Gasteiger partial charge on any atom is -0.325 e. The first-order valence-electron chi connectivity index (χ1n) is 8.12. The topological polar surface area (TPSA) is 32.3 Å². The van der Waals surface area contributed by atoms with Gasteiger partial charge in [0.15, 0.2) is 0 Å². The van der Waals surface area contributed by atoms with E-state index in [0.29, 0.717) is 5.69 Å². The fraction of sp³-hybridized carbons (Fsp3) is 0.389. The van der Waals surface area contributed by atoms with Gasteiger partial charge in [-0.05, 0) is 73.0 Å². The van der Waals surface area contributed by atoms with Gasteiger partial charge in [0.2, 0.25) is 5.91 Å². The Morgan fingerprint density at radius 2 is 2.00 bits per heavy atom. The first-order valence-corrected chi connectivity index (χ1v) is 9.06. The molecule has 1 N–H and O–H groups in total. The molecule has 1 fully saturated rings. The van der Waals surface area contributed by atoms with Crippen LogP contribution in [0.1, 0.15) is 36.9 Å². The molecule has 3 nitrogen and oxygen atoms in total. The molecule has 1 aromatic heterocycles. The minimum atomic E-state index is -4.38. The standard InChI is InChI=1S/C18H19F3N2OS/c1-12(23-9-2-3-16(23)13-8-10-25-11-13)17(24)22-15-6-4-14(5-7-15)18(19,20)21/h4-8,10-12,16H,2-3,9H2,1H3,(H,22,24). The number of rotatable bonds is 4. The van der Waals surface area contributed by atoms with Gasteiger partial charge in [0.05, 0.1) is 11.6 Å². The monoisotopic (exact) mass is 368 g/mol. The third-order valence-corrected chi connectivity index (χ3v) is 5.28. The molecule has 0 spiro atoms. The molecule has 2 heterocycles. The second kappa shape index (κ2) is 7.17. The van der Waals surface area contributed by atoms with Crippen molar-refractivity contribution in [1.82, 2.24) is 4.90 Å². The fourth-order valence-corrected chi connectivity index (χ4v) is 3.92. The molecule has 1 aliphatic heterocycles. The van der Waals surface area contributed by atoms with Crippen molar-refractivity contribution in [3.63, 3.8) is 0 Å². The van der Waals surface area contributed by atoms with Crippen molar-refractivity contribution in [2.75, 3.05) is 11.9 Å². The molecule has 0 saturated carbocycles. The van der Waals surface area contributed by atoms with Crippen LogP contribution in [0, 0.1) is 0 Å². The number of amides is 1. The lowest BCUT2D eigenvalue weighted by Crippen LogP contribution is -2.41. The van der Waals surface area contributed by atoms with Crippen LogP contribution in [-0.4, -0.2) is 23.4 Å². The zero-order chi connectivity index (χ0) is 18.0. The van der Waals surface area contributed by atoms with E-state index in [1.165, 1.54) is 17.7 Å². The van der Waals surface area contributed by atoms with Gasteiger partial charge in [-0.3, -0.25) is 9.69 Å². The summed E-state index contributed by atoms with van der Waals surface area (Å²) in [6.45, 7) is 2.67. The molecule has 0 aliphatic carbocycles. The normalized spacial score (nSPS) is 19.8. The van der Waals surface area contributed by atoms with Crippen molar-refractivity contribution in [1.29, 1.82) is 0 Å². The number of nitrogens with one attached hydrogen (secondary N) is 1. The van der Waals surface area contributed by atoms with Crippen LogP contribution < -0.4 is 5.32 Å². The number of halogens is 3. The number of nitrogens with zero attached hydrogens (tertiary/aromatic N) is 1. The molecule has 1 aromatic carbocycles. The van der Waals surface area contributed by atoms with E-state index in [0.717, 1.165) is 31.5 Å². The molecule has 7 heteroatoms. The molecular formula is C18H19F3N2OS. The molecule has 25 heavy (non-hydrogen) atoms. The first-order chi connectivity index (χ1) is 11.9. The van der Waals surface area contributed by atoms with Gasteiger partial charge in [-0.15, -0.1) is 0 Å². The summed E-state index contributed by atoms with van der Waals surface area (Å²) >= 11 is 1.64. The zero-order valence-electron chi connectivity index (χ0n) is 13.7. The highest BCUT2D eigenvalue weighted by atomic mass is 32.1. The molecule has 1 amide bonds. The summed E-state index contributed by atoms with van der Waals surface area (Å²) in [6.07, 6.45) is -2.34. The van der Waals surface area contributed by atoms with E-state index in [2.05, 4.69) is 21.7 Å². The van der Waals surface area contributed by atoms with E-state index in [-0.39, 0.29) is 18.0 Å². The Morgan fingerprint density at radius 1 is 1.28 bits per heavy atom. The van der Waals surface area contributed by atoms with E-state index in [9.17, 15) is 18.0 Å². The quantitative estimate of drug-likeness (QED) is 0.830. The highest BCUT2D eigenvalue weighted by molar-refractivity contribution is 7.07. The highest BCUT2D eigenvalue weighted by Crippen LogP contribution is 2.35. The van der Waals surface area contributed by atoms with Gasteiger partial charge in [-0.25, -0.2) is 0 Å². The van der Waals surface area contributed by atoms with E-state index in [4.69, 9.17) is 0 Å². The summed E-state index contributed by atoms with van der Waals surface area (Å²) < 4.78 is 37.8. The molecule has 2 aromatic rings. The third kappa shape index (κ3) is 4.04. The zero-order valence-corrected chi connectivity index (χ0v) is 14.5. The maximum atomic E-state index is 12.6. The molecule has 2 atom stereocenters. The van der Waals surface area contributed by atoms with Gasteiger partial charge in [-0.1, -0.05) is 0 Å². The number of hydrogen-bond acceptors (Lipinski definition) is 3. The van der Waals surface area contributed by atoms with E-state index >= 15 is 0 Å². The molecule has 0 bridgehead atoms. The number of alkyl halides is 3. The number of anilines is 1. The highest BCUT2D eigenvalue weighted by Gasteiger charge is 2.33. The van der Waals surface area contributed by atoms with Crippen LogP contribution in [0.2, 0.25) is 0 Å². The molecule has 1 aliphatic rings. The molecule has 0 radical (unpaired) electrons. The number of hydrogen-bond donors (Lipinski definition) is 1. The number of benzene rings is 1. The van der Waals surface area contributed by atoms with Crippen molar-refractivity contribution < 1.29 is 18.0 Å². The van der Waals surface area contributed by atoms with Gasteiger partial charge >= 0.3 is 6.18 Å². The average molecular weight is 368 g/mol. The second-order valence-electron chi connectivity index (χ2n) is 6.19. The fourth-order valence-electron chi connectivity index (χ4n) is 3.22. The van der Waals surface area contributed by atoms with Crippen LogP contribution in [0.4, 0.5) is 18.9 Å². The predicted octanol–water partition coefficient (Wildman–Crippen LogP) is 4.93. The largest absolute Gasteiger partial charge is 0.416 e. The van der Waals surface area contributed by atoms with Gasteiger partial charge in [-0.2, -0.15) is 24.5 Å². The maximum Gasteiger partial charge on any atom is 0.416 e. The van der Waals surface area contributed by atoms with Crippen LogP contribution in [0.3, 0.4) is 0 Å². The summed E-state index contributed by atoms with van der Waals surface area (Å²) in [6, 6.07) is 6.47. The van der Waals surface area contributed by atoms with Gasteiger partial charge < -0.3 is 5.32 Å². The smallest absolute Gasteiger partial charge is 0.325 e. The SMILES string of the molecule is CC(C(=O)Nc1ccc(C(F)(F)F)cc1)N1CCCC1c1ccsc1. The predicted molar refractivity (Wildman–Crippen MR) is 92.5 cm³/mol. The van der Waals surface area contributed by atoms with E-state index in [1.54, 1.807) is 11.3 Å². The molecule has 134 valence electrons. The Kier molecular flexibility index (Phi) is 5.15. The lowest BCUT2D eigenvalue weighted by atomic mass is 10.1. The Balaban J connectivity index is 1.66. The molecular weight excluding hydrogens is 349 g/mol. The van der Waals surface area contributed by atoms with Crippen LogP contribution in [0.5, 0.6) is 0 Å². The minimum absolute atomic E-state index is 0.207. The summed E-state index contributed by atoms with van der Waals surface area (Å²) in [5, 5.41) is 6.84. The average Bonchev–Trinajstić information content (AvgIpc) is 3.24. The number of carbonyl (C=O) groups is 1. The molecule has 2 unspecified atom stereocenters. The lowest BCUT2D eigenvalue weighted by molar-refractivity contribution is -0.137. The van der Waals surface area contributed by atoms with Gasteiger partial charge in [0, 0.05) is 11.7 Å². The summed E-state index contributed by atoms with van der Waals surface area (Å²) in [4.78, 5) is 14.7. The lowest BCUT2D eigenvalue weighted by Gasteiger charge is -2.29. The van der Waals surface area contributed by atoms with Crippen LogP contribution >= 0.6 is 11.3 Å². The maximum absolute atomic E-state index is 12.6. The summed E-state index contributed by atoms with van der Waals surface area (Å²) in [7, 11) is 0. The van der Waals surface area contributed by atoms with Crippen LogP contribution in [-0.2, 0) is 11.0 Å². The van der Waals surface area contributed by atoms with Crippen molar-refractivity contribution >= 4 is 22.9 Å². The summed E-state index contributed by atoms with van der Waals surface area (Å²) in [5.41, 5.74) is 0.864.